The van der Waals surface area contributed by atoms with Crippen molar-refractivity contribution in [2.75, 3.05) is 24.6 Å². The second-order valence-electron chi connectivity index (χ2n) is 7.10. The molecule has 6 nitrogen and oxygen atoms in total. The summed E-state index contributed by atoms with van der Waals surface area (Å²) in [5, 5.41) is 5.48. The Hall–Kier alpha value is -2.60. The van der Waals surface area contributed by atoms with E-state index in [0.29, 0.717) is 18.2 Å². The fourth-order valence-electron chi connectivity index (χ4n) is 3.71. The summed E-state index contributed by atoms with van der Waals surface area (Å²) in [6, 6.07) is 11.6. The molecule has 0 aliphatic carbocycles. The smallest absolute Gasteiger partial charge is 0.310 e. The summed E-state index contributed by atoms with van der Waals surface area (Å²) in [5.41, 5.74) is 3.54. The molecule has 1 saturated heterocycles. The Bertz CT molecular complexity index is 1000. The zero-order chi connectivity index (χ0) is 19.7. The second kappa shape index (κ2) is 7.80. The van der Waals surface area contributed by atoms with E-state index in [1.807, 2.05) is 54.8 Å². The molecule has 7 heteroatoms. The topological polar surface area (TPSA) is 59.7 Å². The van der Waals surface area contributed by atoms with Crippen molar-refractivity contribution < 1.29 is 9.53 Å². The molecule has 0 amide bonds. The number of rotatable bonds is 4. The molecule has 1 aromatic carbocycles. The molecule has 3 aromatic rings. The molecule has 0 saturated carbocycles. The van der Waals surface area contributed by atoms with Crippen LogP contribution in [0, 0.1) is 12.8 Å². The molecule has 0 radical (unpaired) electrons. The van der Waals surface area contributed by atoms with Gasteiger partial charge in [-0.1, -0.05) is 23.7 Å². The maximum Gasteiger partial charge on any atom is 0.310 e. The normalized spacial score (nSPS) is 17.1. The number of nitrogens with zero attached hydrogens (tertiary/aromatic N) is 4. The number of aryl methyl sites for hydroxylation is 1. The number of esters is 1. The number of piperidine rings is 1. The lowest BCUT2D eigenvalue weighted by atomic mass is 9.98. The van der Waals surface area contributed by atoms with Gasteiger partial charge < -0.3 is 9.64 Å². The van der Waals surface area contributed by atoms with Crippen molar-refractivity contribution in [1.29, 1.82) is 0 Å². The molecule has 0 N–H and O–H groups in total. The van der Waals surface area contributed by atoms with Gasteiger partial charge in [0.1, 0.15) is 5.82 Å². The maximum atomic E-state index is 12.2. The van der Waals surface area contributed by atoms with E-state index in [1.54, 1.807) is 0 Å². The van der Waals surface area contributed by atoms with Gasteiger partial charge in [0.25, 0.3) is 0 Å². The summed E-state index contributed by atoms with van der Waals surface area (Å²) >= 11 is 6.00. The molecule has 3 heterocycles. The summed E-state index contributed by atoms with van der Waals surface area (Å²) in [7, 11) is 0. The van der Waals surface area contributed by atoms with Crippen molar-refractivity contribution in [1.82, 2.24) is 14.6 Å². The van der Waals surface area contributed by atoms with Crippen LogP contribution in [0.4, 0.5) is 5.82 Å². The van der Waals surface area contributed by atoms with Crippen molar-refractivity contribution in [2.24, 2.45) is 5.92 Å². The molecule has 1 aliphatic heterocycles. The van der Waals surface area contributed by atoms with Gasteiger partial charge in [-0.2, -0.15) is 9.61 Å². The molecule has 28 heavy (non-hydrogen) atoms. The van der Waals surface area contributed by atoms with E-state index >= 15 is 0 Å². The largest absolute Gasteiger partial charge is 0.466 e. The molecule has 0 unspecified atom stereocenters. The van der Waals surface area contributed by atoms with Gasteiger partial charge in [-0.3, -0.25) is 4.79 Å². The van der Waals surface area contributed by atoms with E-state index in [-0.39, 0.29) is 11.9 Å². The van der Waals surface area contributed by atoms with Gasteiger partial charge in [-0.15, -0.1) is 0 Å². The third-order valence-corrected chi connectivity index (χ3v) is 5.29. The van der Waals surface area contributed by atoms with Gasteiger partial charge in [-0.05, 0) is 38.8 Å². The first-order chi connectivity index (χ1) is 13.5. The fraction of sp³-hybridized carbons (Fsp3) is 0.381. The summed E-state index contributed by atoms with van der Waals surface area (Å²) < 4.78 is 7.10. The molecule has 1 atom stereocenters. The van der Waals surface area contributed by atoms with Crippen LogP contribution >= 0.6 is 11.6 Å². The zero-order valence-corrected chi connectivity index (χ0v) is 16.8. The number of aromatic nitrogens is 3. The average molecular weight is 399 g/mol. The third-order valence-electron chi connectivity index (χ3n) is 5.04. The quantitative estimate of drug-likeness (QED) is 0.618. The number of benzene rings is 1. The van der Waals surface area contributed by atoms with Crippen LogP contribution in [-0.2, 0) is 9.53 Å². The Kier molecular flexibility index (Phi) is 5.22. The van der Waals surface area contributed by atoms with E-state index in [9.17, 15) is 4.79 Å². The van der Waals surface area contributed by atoms with Crippen LogP contribution in [0.5, 0.6) is 0 Å². The highest BCUT2D eigenvalue weighted by molar-refractivity contribution is 6.30. The van der Waals surface area contributed by atoms with E-state index in [1.165, 1.54) is 0 Å². The lowest BCUT2D eigenvalue weighted by Crippen LogP contribution is -2.40. The number of halogens is 1. The second-order valence-corrected chi connectivity index (χ2v) is 7.54. The first kappa shape index (κ1) is 18.7. The Morgan fingerprint density at radius 3 is 2.82 bits per heavy atom. The molecule has 0 spiro atoms. The highest BCUT2D eigenvalue weighted by Gasteiger charge is 2.28. The number of hydrogen-bond acceptors (Lipinski definition) is 5. The Balaban J connectivity index is 1.70. The minimum Gasteiger partial charge on any atom is -0.466 e. The lowest BCUT2D eigenvalue weighted by molar-refractivity contribution is -0.148. The highest BCUT2D eigenvalue weighted by Crippen LogP contribution is 2.28. The van der Waals surface area contributed by atoms with Gasteiger partial charge in [0, 0.05) is 41.5 Å². The first-order valence-electron chi connectivity index (χ1n) is 9.60. The number of carbonyl (C=O) groups is 1. The number of anilines is 1. The van der Waals surface area contributed by atoms with Crippen molar-refractivity contribution in [3.63, 3.8) is 0 Å². The minimum absolute atomic E-state index is 0.108. The Labute approximate surface area is 169 Å². The number of carbonyl (C=O) groups excluding carboxylic acids is 1. The summed E-state index contributed by atoms with van der Waals surface area (Å²) in [6.07, 6.45) is 1.80. The van der Waals surface area contributed by atoms with Crippen LogP contribution in [0.2, 0.25) is 5.02 Å². The number of hydrogen-bond donors (Lipinski definition) is 0. The summed E-state index contributed by atoms with van der Waals surface area (Å²) in [6.45, 7) is 5.75. The monoisotopic (exact) mass is 398 g/mol. The van der Waals surface area contributed by atoms with Crippen LogP contribution in [-0.4, -0.2) is 40.3 Å². The lowest BCUT2D eigenvalue weighted by Gasteiger charge is -2.33. The molecule has 1 fully saturated rings. The molecule has 146 valence electrons. The average Bonchev–Trinajstić information content (AvgIpc) is 3.12. The van der Waals surface area contributed by atoms with Crippen LogP contribution in [0.1, 0.15) is 25.5 Å². The van der Waals surface area contributed by atoms with Crippen molar-refractivity contribution >= 4 is 29.0 Å². The minimum atomic E-state index is -0.114. The van der Waals surface area contributed by atoms with Crippen molar-refractivity contribution in [2.45, 2.75) is 26.7 Å². The molecular weight excluding hydrogens is 376 g/mol. The highest BCUT2D eigenvalue weighted by atomic mass is 35.5. The van der Waals surface area contributed by atoms with Gasteiger partial charge in [0.15, 0.2) is 5.65 Å². The third kappa shape index (κ3) is 3.69. The summed E-state index contributed by atoms with van der Waals surface area (Å²) in [5.74, 6) is 0.733. The van der Waals surface area contributed by atoms with E-state index < -0.39 is 0 Å². The molecular formula is C21H23ClN4O2. The number of fused-ring (bicyclic) bond motifs is 1. The van der Waals surface area contributed by atoms with Crippen LogP contribution in [0.15, 0.2) is 36.4 Å². The SMILES string of the molecule is CCOC(=O)[C@@H]1CCCN(c2cc(C)nc3cc(-c4ccc(Cl)cc4)nn23)C1. The molecule has 0 bridgehead atoms. The predicted octanol–water partition coefficient (Wildman–Crippen LogP) is 4.14. The fourth-order valence-corrected chi connectivity index (χ4v) is 3.83. The zero-order valence-electron chi connectivity index (χ0n) is 16.1. The molecule has 1 aliphatic rings. The van der Waals surface area contributed by atoms with E-state index in [4.69, 9.17) is 21.4 Å². The van der Waals surface area contributed by atoms with E-state index in [2.05, 4.69) is 9.88 Å². The van der Waals surface area contributed by atoms with Gasteiger partial charge in [0.2, 0.25) is 0 Å². The van der Waals surface area contributed by atoms with Crippen molar-refractivity contribution in [3.05, 3.63) is 47.1 Å². The number of ether oxygens (including phenoxy) is 1. The van der Waals surface area contributed by atoms with Crippen LogP contribution in [0.3, 0.4) is 0 Å². The van der Waals surface area contributed by atoms with Crippen LogP contribution in [0.25, 0.3) is 16.9 Å². The summed E-state index contributed by atoms with van der Waals surface area (Å²) in [4.78, 5) is 19.1. The predicted molar refractivity (Wildman–Crippen MR) is 110 cm³/mol. The molecule has 4 rings (SSSR count). The van der Waals surface area contributed by atoms with Gasteiger partial charge in [-0.25, -0.2) is 4.98 Å². The van der Waals surface area contributed by atoms with Gasteiger partial charge in [0.05, 0.1) is 18.2 Å². The van der Waals surface area contributed by atoms with Crippen molar-refractivity contribution in [3.8, 4) is 11.3 Å². The maximum absolute atomic E-state index is 12.2. The van der Waals surface area contributed by atoms with Gasteiger partial charge >= 0.3 is 5.97 Å². The standard InChI is InChI=1S/C21H23ClN4O2/c1-3-28-21(27)16-5-4-10-25(13-16)20-11-14(2)23-19-12-18(24-26(19)20)15-6-8-17(22)9-7-15/h6-9,11-12,16H,3-5,10,13H2,1-2H3/t16-/m1/s1. The first-order valence-corrected chi connectivity index (χ1v) is 9.98. The molecule has 2 aromatic heterocycles. The Morgan fingerprint density at radius 1 is 1.29 bits per heavy atom. The Morgan fingerprint density at radius 2 is 2.07 bits per heavy atom. The van der Waals surface area contributed by atoms with Crippen LogP contribution < -0.4 is 4.90 Å². The van der Waals surface area contributed by atoms with E-state index in [0.717, 1.165) is 47.8 Å².